The van der Waals surface area contributed by atoms with Gasteiger partial charge in [-0.05, 0) is 56.2 Å². The number of hydrogen-bond donors (Lipinski definition) is 2. The van der Waals surface area contributed by atoms with Crippen molar-refractivity contribution in [3.63, 3.8) is 0 Å². The number of anilines is 1. The summed E-state index contributed by atoms with van der Waals surface area (Å²) in [5.41, 5.74) is 6.31. The standard InChI is InChI=1S/C21H25N3O3/c1-4-27-19-9-7-18(8-10-19)23-20(25)11-12-21(26)24-22-14-17-6-5-15(2)13-16(17)3/h5-10,13-14H,4,11-12H2,1-3H3,(H,23,25)(H,24,26). The second-order valence-corrected chi connectivity index (χ2v) is 6.16. The second-order valence-electron chi connectivity index (χ2n) is 6.16. The second kappa shape index (κ2) is 10.1. The molecule has 2 rings (SSSR count). The molecule has 0 unspecified atom stereocenters. The molecule has 0 saturated heterocycles. The Hall–Kier alpha value is -3.15. The summed E-state index contributed by atoms with van der Waals surface area (Å²) in [5.74, 6) is 0.210. The van der Waals surface area contributed by atoms with Crippen molar-refractivity contribution in [2.24, 2.45) is 5.10 Å². The van der Waals surface area contributed by atoms with Crippen LogP contribution in [0.3, 0.4) is 0 Å². The van der Waals surface area contributed by atoms with Crippen LogP contribution in [0.15, 0.2) is 47.6 Å². The highest BCUT2D eigenvalue weighted by atomic mass is 16.5. The molecule has 6 nitrogen and oxygen atoms in total. The van der Waals surface area contributed by atoms with Gasteiger partial charge in [-0.15, -0.1) is 0 Å². The van der Waals surface area contributed by atoms with E-state index in [1.807, 2.05) is 32.9 Å². The lowest BCUT2D eigenvalue weighted by Crippen LogP contribution is -2.20. The number of ether oxygens (including phenoxy) is 1. The van der Waals surface area contributed by atoms with E-state index in [0.717, 1.165) is 16.9 Å². The van der Waals surface area contributed by atoms with E-state index >= 15 is 0 Å². The number of hydrogen-bond acceptors (Lipinski definition) is 4. The minimum atomic E-state index is -0.308. The Labute approximate surface area is 159 Å². The van der Waals surface area contributed by atoms with Gasteiger partial charge in [0.25, 0.3) is 0 Å². The maximum Gasteiger partial charge on any atom is 0.240 e. The molecule has 2 amide bonds. The first-order valence-corrected chi connectivity index (χ1v) is 8.90. The van der Waals surface area contributed by atoms with Gasteiger partial charge in [0.2, 0.25) is 11.8 Å². The number of carbonyl (C=O) groups excluding carboxylic acids is 2. The zero-order valence-electron chi connectivity index (χ0n) is 15.9. The molecule has 0 aliphatic carbocycles. The van der Waals surface area contributed by atoms with Gasteiger partial charge in [0.05, 0.1) is 12.8 Å². The monoisotopic (exact) mass is 367 g/mol. The molecular formula is C21H25N3O3. The molecule has 0 spiro atoms. The first-order chi connectivity index (χ1) is 13.0. The van der Waals surface area contributed by atoms with E-state index < -0.39 is 0 Å². The smallest absolute Gasteiger partial charge is 0.240 e. The third kappa shape index (κ3) is 6.93. The van der Waals surface area contributed by atoms with Gasteiger partial charge in [0.1, 0.15) is 5.75 Å². The molecule has 0 saturated carbocycles. The maximum absolute atomic E-state index is 11.9. The molecule has 0 aliphatic rings. The van der Waals surface area contributed by atoms with Crippen molar-refractivity contribution in [2.75, 3.05) is 11.9 Å². The molecule has 0 aliphatic heterocycles. The van der Waals surface area contributed by atoms with Crippen molar-refractivity contribution in [1.82, 2.24) is 5.43 Å². The van der Waals surface area contributed by atoms with Crippen molar-refractivity contribution in [2.45, 2.75) is 33.6 Å². The Balaban J connectivity index is 1.74. The lowest BCUT2D eigenvalue weighted by atomic mass is 10.1. The van der Waals surface area contributed by atoms with Crippen LogP contribution < -0.4 is 15.5 Å². The number of nitrogens with one attached hydrogen (secondary N) is 2. The van der Waals surface area contributed by atoms with Crippen LogP contribution in [0, 0.1) is 13.8 Å². The summed E-state index contributed by atoms with van der Waals surface area (Å²) >= 11 is 0. The lowest BCUT2D eigenvalue weighted by Gasteiger charge is -2.07. The topological polar surface area (TPSA) is 79.8 Å². The van der Waals surface area contributed by atoms with Crippen LogP contribution in [0.4, 0.5) is 5.69 Å². The van der Waals surface area contributed by atoms with E-state index in [1.54, 1.807) is 30.5 Å². The fourth-order valence-corrected chi connectivity index (χ4v) is 2.45. The summed E-state index contributed by atoms with van der Waals surface area (Å²) in [6.45, 7) is 6.51. The predicted octanol–water partition coefficient (Wildman–Crippen LogP) is 3.57. The number of aryl methyl sites for hydroxylation is 2. The maximum atomic E-state index is 11.9. The van der Waals surface area contributed by atoms with Gasteiger partial charge in [-0.3, -0.25) is 9.59 Å². The van der Waals surface area contributed by atoms with Gasteiger partial charge in [0, 0.05) is 18.5 Å². The number of hydrazone groups is 1. The van der Waals surface area contributed by atoms with Crippen molar-refractivity contribution in [1.29, 1.82) is 0 Å². The zero-order chi connectivity index (χ0) is 19.6. The van der Waals surface area contributed by atoms with Crippen molar-refractivity contribution in [3.8, 4) is 5.75 Å². The first-order valence-electron chi connectivity index (χ1n) is 8.90. The van der Waals surface area contributed by atoms with Crippen LogP contribution in [0.25, 0.3) is 0 Å². The van der Waals surface area contributed by atoms with E-state index in [4.69, 9.17) is 4.74 Å². The van der Waals surface area contributed by atoms with E-state index in [1.165, 1.54) is 5.56 Å². The summed E-state index contributed by atoms with van der Waals surface area (Å²) < 4.78 is 5.35. The molecule has 0 aromatic heterocycles. The van der Waals surface area contributed by atoms with Gasteiger partial charge in [-0.2, -0.15) is 5.10 Å². The van der Waals surface area contributed by atoms with Gasteiger partial charge in [-0.1, -0.05) is 23.8 Å². The van der Waals surface area contributed by atoms with Crippen LogP contribution in [0.2, 0.25) is 0 Å². The Bertz CT molecular complexity index is 814. The van der Waals surface area contributed by atoms with Gasteiger partial charge >= 0.3 is 0 Å². The third-order valence-electron chi connectivity index (χ3n) is 3.85. The summed E-state index contributed by atoms with van der Waals surface area (Å²) in [7, 11) is 0. The molecule has 27 heavy (non-hydrogen) atoms. The van der Waals surface area contributed by atoms with Crippen molar-refractivity contribution in [3.05, 3.63) is 59.2 Å². The lowest BCUT2D eigenvalue weighted by molar-refractivity contribution is -0.124. The normalized spacial score (nSPS) is 10.6. The summed E-state index contributed by atoms with van der Waals surface area (Å²) in [6, 6.07) is 13.1. The highest BCUT2D eigenvalue weighted by molar-refractivity contribution is 5.93. The van der Waals surface area contributed by atoms with Crippen LogP contribution in [0.5, 0.6) is 5.75 Å². The molecule has 0 fully saturated rings. The Morgan fingerprint density at radius 1 is 1.04 bits per heavy atom. The number of nitrogens with zero attached hydrogens (tertiary/aromatic N) is 1. The number of benzene rings is 2. The quantitative estimate of drug-likeness (QED) is 0.553. The van der Waals surface area contributed by atoms with Crippen LogP contribution >= 0.6 is 0 Å². The fraction of sp³-hybridized carbons (Fsp3) is 0.286. The van der Waals surface area contributed by atoms with Crippen LogP contribution in [-0.2, 0) is 9.59 Å². The summed E-state index contributed by atoms with van der Waals surface area (Å²) in [6.07, 6.45) is 1.75. The molecule has 142 valence electrons. The highest BCUT2D eigenvalue weighted by Gasteiger charge is 2.07. The average Bonchev–Trinajstić information content (AvgIpc) is 2.64. The fourth-order valence-electron chi connectivity index (χ4n) is 2.45. The van der Waals surface area contributed by atoms with E-state index in [-0.39, 0.29) is 24.7 Å². The first kappa shape index (κ1) is 20.2. The Kier molecular flexibility index (Phi) is 7.55. The van der Waals surface area contributed by atoms with Gasteiger partial charge in [0.15, 0.2) is 0 Å². The Morgan fingerprint density at radius 2 is 1.74 bits per heavy atom. The molecule has 0 bridgehead atoms. The highest BCUT2D eigenvalue weighted by Crippen LogP contribution is 2.15. The molecule has 6 heteroatoms. The minimum Gasteiger partial charge on any atom is -0.494 e. The summed E-state index contributed by atoms with van der Waals surface area (Å²) in [4.78, 5) is 23.8. The number of carbonyl (C=O) groups is 2. The average molecular weight is 367 g/mol. The molecule has 0 radical (unpaired) electrons. The van der Waals surface area contributed by atoms with Gasteiger partial charge in [-0.25, -0.2) is 5.43 Å². The Morgan fingerprint density at radius 3 is 2.41 bits per heavy atom. The predicted molar refractivity (Wildman–Crippen MR) is 107 cm³/mol. The zero-order valence-corrected chi connectivity index (χ0v) is 15.9. The molecule has 2 aromatic carbocycles. The van der Waals surface area contributed by atoms with Crippen LogP contribution in [-0.4, -0.2) is 24.6 Å². The largest absolute Gasteiger partial charge is 0.494 e. The molecule has 0 heterocycles. The third-order valence-corrected chi connectivity index (χ3v) is 3.85. The van der Waals surface area contributed by atoms with Crippen LogP contribution in [0.1, 0.15) is 36.5 Å². The van der Waals surface area contributed by atoms with E-state index in [0.29, 0.717) is 12.3 Å². The minimum absolute atomic E-state index is 0.0626. The number of amides is 2. The molecule has 0 atom stereocenters. The SMILES string of the molecule is CCOc1ccc(NC(=O)CCC(=O)NN=Cc2ccc(C)cc2C)cc1. The van der Waals surface area contributed by atoms with E-state index in [9.17, 15) is 9.59 Å². The molecule has 2 aromatic rings. The molecular weight excluding hydrogens is 342 g/mol. The summed E-state index contributed by atoms with van der Waals surface area (Å²) in [5, 5.41) is 6.70. The van der Waals surface area contributed by atoms with E-state index in [2.05, 4.69) is 21.9 Å². The number of rotatable bonds is 8. The van der Waals surface area contributed by atoms with Crippen molar-refractivity contribution >= 4 is 23.7 Å². The molecule has 2 N–H and O–H groups in total. The van der Waals surface area contributed by atoms with Crippen molar-refractivity contribution < 1.29 is 14.3 Å². The van der Waals surface area contributed by atoms with Gasteiger partial charge < -0.3 is 10.1 Å².